The van der Waals surface area contributed by atoms with E-state index < -0.39 is 12.2 Å². The van der Waals surface area contributed by atoms with Crippen LogP contribution in [0, 0.1) is 5.92 Å². The van der Waals surface area contributed by atoms with Crippen LogP contribution >= 0.6 is 0 Å². The van der Waals surface area contributed by atoms with Crippen LogP contribution in [0.1, 0.15) is 58.3 Å². The zero-order valence-electron chi connectivity index (χ0n) is 10.3. The first-order valence-electron chi connectivity index (χ1n) is 6.65. The molecule has 96 valence electrons. The molecule has 4 unspecified atom stereocenters. The lowest BCUT2D eigenvalue weighted by molar-refractivity contribution is -0.00865. The molecule has 0 bridgehead atoms. The van der Waals surface area contributed by atoms with Crippen molar-refractivity contribution in [3.63, 3.8) is 0 Å². The zero-order valence-corrected chi connectivity index (χ0v) is 10.3. The van der Waals surface area contributed by atoms with Gasteiger partial charge < -0.3 is 15.3 Å². The van der Waals surface area contributed by atoms with Crippen LogP contribution in [-0.2, 0) is 0 Å². The molecule has 0 heterocycles. The Labute approximate surface area is 98.5 Å². The molecule has 0 radical (unpaired) electrons. The molecule has 2 saturated carbocycles. The molecule has 4 atom stereocenters. The lowest BCUT2D eigenvalue weighted by Gasteiger charge is -2.23. The molecule has 3 heteroatoms. The highest BCUT2D eigenvalue weighted by Crippen LogP contribution is 2.22. The highest BCUT2D eigenvalue weighted by molar-refractivity contribution is 4.72. The van der Waals surface area contributed by atoms with Crippen LogP contribution < -0.4 is 0 Å². The fourth-order valence-corrected chi connectivity index (χ4v) is 2.39. The molecule has 16 heavy (non-hydrogen) atoms. The maximum Gasteiger partial charge on any atom is 0.0799 e. The minimum absolute atomic E-state index is 0.00347. The lowest BCUT2D eigenvalue weighted by Crippen LogP contribution is -2.28. The Morgan fingerprint density at radius 2 is 1.00 bits per heavy atom. The second-order valence-electron chi connectivity index (χ2n) is 5.25. The molecule has 2 rings (SSSR count). The van der Waals surface area contributed by atoms with E-state index >= 15 is 0 Å². The van der Waals surface area contributed by atoms with Crippen LogP contribution in [0.3, 0.4) is 0 Å². The van der Waals surface area contributed by atoms with Gasteiger partial charge in [0.15, 0.2) is 0 Å². The first kappa shape index (κ1) is 13.9. The summed E-state index contributed by atoms with van der Waals surface area (Å²) in [4.78, 5) is 0. The van der Waals surface area contributed by atoms with Crippen LogP contribution in [0.25, 0.3) is 0 Å². The van der Waals surface area contributed by atoms with E-state index in [0.717, 1.165) is 32.1 Å². The molecule has 0 aliphatic heterocycles. The van der Waals surface area contributed by atoms with Crippen molar-refractivity contribution >= 4 is 0 Å². The van der Waals surface area contributed by atoms with Crippen molar-refractivity contribution in [1.82, 2.24) is 0 Å². The molecule has 0 aromatic rings. The predicted octanol–water partition coefficient (Wildman–Crippen LogP) is 1.84. The summed E-state index contributed by atoms with van der Waals surface area (Å²) in [5.41, 5.74) is 0. The Morgan fingerprint density at radius 1 is 0.625 bits per heavy atom. The van der Waals surface area contributed by atoms with Gasteiger partial charge in [-0.15, -0.1) is 0 Å². The van der Waals surface area contributed by atoms with Crippen LogP contribution in [0.15, 0.2) is 0 Å². The minimum Gasteiger partial charge on any atom is -0.393 e. The molecule has 0 spiro atoms. The molecular weight excluding hydrogens is 204 g/mol. The van der Waals surface area contributed by atoms with E-state index in [1.54, 1.807) is 0 Å². The Morgan fingerprint density at radius 3 is 1.25 bits per heavy atom. The molecule has 0 aromatic carbocycles. The maximum atomic E-state index is 9.18. The first-order valence-corrected chi connectivity index (χ1v) is 6.65. The van der Waals surface area contributed by atoms with E-state index in [0.29, 0.717) is 5.92 Å². The molecule has 0 aromatic heterocycles. The summed E-state index contributed by atoms with van der Waals surface area (Å²) in [6, 6.07) is 0. The monoisotopic (exact) mass is 230 g/mol. The Balaban J connectivity index is 0.000000160. The third-order valence-electron chi connectivity index (χ3n) is 3.76. The van der Waals surface area contributed by atoms with Crippen molar-refractivity contribution in [3.05, 3.63) is 0 Å². The number of aliphatic hydroxyl groups is 3. The molecular formula is C13H26O3. The van der Waals surface area contributed by atoms with Gasteiger partial charge in [0.1, 0.15) is 0 Å². The number of rotatable bonds is 0. The highest BCUT2D eigenvalue weighted by Gasteiger charge is 2.19. The van der Waals surface area contributed by atoms with Gasteiger partial charge in [-0.05, 0) is 31.6 Å². The van der Waals surface area contributed by atoms with Crippen molar-refractivity contribution in [2.24, 2.45) is 5.92 Å². The molecule has 2 aliphatic rings. The van der Waals surface area contributed by atoms with Gasteiger partial charge in [0.05, 0.1) is 18.3 Å². The van der Waals surface area contributed by atoms with Gasteiger partial charge in [0, 0.05) is 0 Å². The summed E-state index contributed by atoms with van der Waals surface area (Å²) < 4.78 is 0. The summed E-state index contributed by atoms with van der Waals surface area (Å²) in [6.07, 6.45) is 7.61. The largest absolute Gasteiger partial charge is 0.393 e. The molecule has 0 saturated heterocycles. The van der Waals surface area contributed by atoms with E-state index in [1.165, 1.54) is 19.3 Å². The first-order chi connectivity index (χ1) is 7.61. The Bertz CT molecular complexity index is 144. The lowest BCUT2D eigenvalue weighted by atomic mass is 9.88. The summed E-state index contributed by atoms with van der Waals surface area (Å²) in [5, 5.41) is 27.0. The maximum absolute atomic E-state index is 9.18. The van der Waals surface area contributed by atoms with Gasteiger partial charge in [-0.25, -0.2) is 0 Å². The second kappa shape index (κ2) is 7.25. The average Bonchev–Trinajstić information content (AvgIpc) is 2.28. The van der Waals surface area contributed by atoms with Crippen molar-refractivity contribution < 1.29 is 15.3 Å². The van der Waals surface area contributed by atoms with E-state index in [9.17, 15) is 5.11 Å². The Hall–Kier alpha value is -0.120. The third-order valence-corrected chi connectivity index (χ3v) is 3.76. The van der Waals surface area contributed by atoms with Crippen LogP contribution in [0.2, 0.25) is 0 Å². The molecule has 0 amide bonds. The molecule has 3 N–H and O–H groups in total. The third kappa shape index (κ3) is 4.81. The quantitative estimate of drug-likeness (QED) is 0.595. The summed E-state index contributed by atoms with van der Waals surface area (Å²) >= 11 is 0. The van der Waals surface area contributed by atoms with Crippen molar-refractivity contribution in [2.45, 2.75) is 76.6 Å². The van der Waals surface area contributed by atoms with Crippen LogP contribution in [0.5, 0.6) is 0 Å². The normalized spacial score (nSPS) is 39.8. The van der Waals surface area contributed by atoms with E-state index in [4.69, 9.17) is 10.2 Å². The summed E-state index contributed by atoms with van der Waals surface area (Å²) in [7, 11) is 0. The van der Waals surface area contributed by atoms with Gasteiger partial charge in [-0.3, -0.25) is 0 Å². The zero-order chi connectivity index (χ0) is 12.0. The average molecular weight is 230 g/mol. The van der Waals surface area contributed by atoms with E-state index in [1.807, 2.05) is 0 Å². The molecule has 3 nitrogen and oxygen atoms in total. The predicted molar refractivity (Wildman–Crippen MR) is 64.1 cm³/mol. The molecule has 2 aliphatic carbocycles. The van der Waals surface area contributed by atoms with Crippen molar-refractivity contribution in [1.29, 1.82) is 0 Å². The van der Waals surface area contributed by atoms with Crippen molar-refractivity contribution in [2.75, 3.05) is 0 Å². The van der Waals surface area contributed by atoms with Crippen LogP contribution in [-0.4, -0.2) is 33.6 Å². The minimum atomic E-state index is -0.441. The molecule has 2 fully saturated rings. The highest BCUT2D eigenvalue weighted by atomic mass is 16.3. The fraction of sp³-hybridized carbons (Fsp3) is 1.00. The topological polar surface area (TPSA) is 60.7 Å². The van der Waals surface area contributed by atoms with Crippen LogP contribution in [0.4, 0.5) is 0 Å². The fourth-order valence-electron chi connectivity index (χ4n) is 2.39. The van der Waals surface area contributed by atoms with Gasteiger partial charge in [0.2, 0.25) is 0 Å². The van der Waals surface area contributed by atoms with Crippen molar-refractivity contribution in [3.8, 4) is 0 Å². The summed E-state index contributed by atoms with van der Waals surface area (Å²) in [5.74, 6) is 0.559. The SMILES string of the molecule is CC1CCCCC1O.OC1CCCCC1O. The van der Waals surface area contributed by atoms with Gasteiger partial charge in [0.25, 0.3) is 0 Å². The van der Waals surface area contributed by atoms with Gasteiger partial charge in [-0.1, -0.05) is 32.6 Å². The summed E-state index contributed by atoms with van der Waals surface area (Å²) in [6.45, 7) is 2.13. The van der Waals surface area contributed by atoms with Gasteiger partial charge in [-0.2, -0.15) is 0 Å². The van der Waals surface area contributed by atoms with E-state index in [2.05, 4.69) is 6.92 Å². The smallest absolute Gasteiger partial charge is 0.0799 e. The number of aliphatic hydroxyl groups excluding tert-OH is 3. The Kier molecular flexibility index (Phi) is 6.32. The second-order valence-corrected chi connectivity index (χ2v) is 5.25. The van der Waals surface area contributed by atoms with Gasteiger partial charge >= 0.3 is 0 Å². The number of hydrogen-bond donors (Lipinski definition) is 3. The van der Waals surface area contributed by atoms with E-state index in [-0.39, 0.29) is 6.10 Å². The standard InChI is InChI=1S/C7H14O.C6H12O2/c1-6-4-2-3-5-7(6)8;7-5-3-1-2-4-6(5)8/h6-8H,2-5H2,1H3;5-8H,1-4H2. The number of hydrogen-bond acceptors (Lipinski definition) is 3.